The van der Waals surface area contributed by atoms with E-state index in [1.165, 1.54) is 4.57 Å². The van der Waals surface area contributed by atoms with E-state index in [1.54, 1.807) is 22.9 Å². The van der Waals surface area contributed by atoms with E-state index in [-0.39, 0.29) is 37.8 Å². The van der Waals surface area contributed by atoms with Crippen molar-refractivity contribution < 1.29 is 33.1 Å². The third-order valence-corrected chi connectivity index (χ3v) is 12.2. The normalized spacial score (nSPS) is 18.7. The lowest BCUT2D eigenvalue weighted by Crippen LogP contribution is -2.51. The van der Waals surface area contributed by atoms with Crippen molar-refractivity contribution in [1.82, 2.24) is 29.1 Å². The number of carbonyl (C=O) groups is 4. The molecule has 4 aliphatic rings. The fourth-order valence-electron chi connectivity index (χ4n) is 8.43. The number of hydrogen-bond donors (Lipinski definition) is 1. The molecule has 60 heavy (non-hydrogen) atoms. The molecule has 0 bridgehead atoms. The highest BCUT2D eigenvalue weighted by Crippen LogP contribution is 2.27. The zero-order valence-corrected chi connectivity index (χ0v) is 35.6. The number of anilines is 1. The molecule has 3 saturated heterocycles. The first kappa shape index (κ1) is 46.2. The average Bonchev–Trinajstić information content (AvgIpc) is 3.41. The van der Waals surface area contributed by atoms with Gasteiger partial charge in [0.1, 0.15) is 0 Å². The molecule has 0 unspecified atom stereocenters. The van der Waals surface area contributed by atoms with Gasteiger partial charge in [-0.2, -0.15) is 0 Å². The summed E-state index contributed by atoms with van der Waals surface area (Å²) in [6.07, 6.45) is 3.94. The summed E-state index contributed by atoms with van der Waals surface area (Å²) in [5.74, 6) is -0.163. The molecule has 3 aromatic rings. The Morgan fingerprint density at radius 3 is 2.28 bits per heavy atom. The Balaban J connectivity index is 0.000000362. The first-order valence-corrected chi connectivity index (χ1v) is 21.5. The van der Waals surface area contributed by atoms with Gasteiger partial charge in [-0.1, -0.05) is 45.5 Å². The van der Waals surface area contributed by atoms with Crippen molar-refractivity contribution in [3.63, 3.8) is 0 Å². The lowest BCUT2D eigenvalue weighted by atomic mass is 9.98. The third kappa shape index (κ3) is 11.9. The van der Waals surface area contributed by atoms with Crippen LogP contribution in [0.5, 0.6) is 0 Å². The maximum atomic E-state index is 13.8. The number of likely N-dealkylation sites (tertiary alicyclic amines) is 2. The van der Waals surface area contributed by atoms with Gasteiger partial charge < -0.3 is 43.7 Å². The molecule has 0 saturated carbocycles. The van der Waals surface area contributed by atoms with E-state index in [2.05, 4.69) is 29.1 Å². The number of rotatable bonds is 10. The SMILES string of the molecule is C.CCCOC(=O)CCN1CCN(C)CC1.Cc1cc(C[C@@H](OC(=O)N2CCC(N3CCc4ccccc4NC3=O)CC2)C(=O)N2CCC(C)CC2)cc2oc(=O)n(C)c12. The van der Waals surface area contributed by atoms with Crippen LogP contribution in [0.15, 0.2) is 45.6 Å². The van der Waals surface area contributed by atoms with Gasteiger partial charge in [-0.15, -0.1) is 0 Å². The summed E-state index contributed by atoms with van der Waals surface area (Å²) < 4.78 is 17.9. The van der Waals surface area contributed by atoms with Crippen molar-refractivity contribution in [2.75, 3.05) is 84.4 Å². The highest BCUT2D eigenvalue weighted by molar-refractivity contribution is 5.91. The molecule has 3 fully saturated rings. The van der Waals surface area contributed by atoms with Crippen LogP contribution in [0.2, 0.25) is 0 Å². The number of urea groups is 1. The number of nitrogens with one attached hydrogen (secondary N) is 1. The van der Waals surface area contributed by atoms with Crippen molar-refractivity contribution in [2.45, 2.75) is 91.7 Å². The van der Waals surface area contributed by atoms with Crippen LogP contribution in [0, 0.1) is 12.8 Å². The topological polar surface area (TPSA) is 150 Å². The Hall–Kier alpha value is -4.89. The predicted molar refractivity (Wildman–Crippen MR) is 232 cm³/mol. The van der Waals surface area contributed by atoms with Crippen LogP contribution in [-0.4, -0.2) is 144 Å². The Morgan fingerprint density at radius 2 is 1.58 bits per heavy atom. The highest BCUT2D eigenvalue weighted by Gasteiger charge is 2.35. The highest BCUT2D eigenvalue weighted by atomic mass is 16.6. The van der Waals surface area contributed by atoms with Crippen LogP contribution in [0.1, 0.15) is 76.5 Å². The summed E-state index contributed by atoms with van der Waals surface area (Å²) in [4.78, 5) is 73.6. The lowest BCUT2D eigenvalue weighted by molar-refractivity contribution is -0.144. The molecule has 4 amide bonds. The number of likely N-dealkylation sites (N-methyl/N-ethyl adjacent to an activating group) is 1. The zero-order valence-electron chi connectivity index (χ0n) is 35.6. The molecule has 15 nitrogen and oxygen atoms in total. The summed E-state index contributed by atoms with van der Waals surface area (Å²) in [5, 5.41) is 3.03. The number of amides is 4. The minimum atomic E-state index is -1.00. The van der Waals surface area contributed by atoms with Gasteiger partial charge in [0, 0.05) is 90.6 Å². The second kappa shape index (κ2) is 21.6. The number of nitrogens with zero attached hydrogens (tertiary/aromatic N) is 6. The molecular formula is C45H67N7O8. The van der Waals surface area contributed by atoms with E-state index in [0.29, 0.717) is 75.6 Å². The Morgan fingerprint density at radius 1 is 0.900 bits per heavy atom. The van der Waals surface area contributed by atoms with Crippen LogP contribution in [0.4, 0.5) is 15.3 Å². The second-order valence-electron chi connectivity index (χ2n) is 16.6. The van der Waals surface area contributed by atoms with E-state index in [1.807, 2.05) is 49.1 Å². The summed E-state index contributed by atoms with van der Waals surface area (Å²) in [7, 11) is 3.79. The first-order chi connectivity index (χ1) is 28.4. The number of piperidine rings is 2. The van der Waals surface area contributed by atoms with E-state index >= 15 is 0 Å². The number of para-hydroxylation sites is 1. The maximum absolute atomic E-state index is 13.8. The second-order valence-corrected chi connectivity index (χ2v) is 16.6. The van der Waals surface area contributed by atoms with Gasteiger partial charge in [0.25, 0.3) is 5.91 Å². The Kier molecular flexibility index (Phi) is 16.6. The molecule has 1 N–H and O–H groups in total. The molecule has 2 aromatic carbocycles. The van der Waals surface area contributed by atoms with Crippen molar-refractivity contribution in [3.8, 4) is 0 Å². The van der Waals surface area contributed by atoms with Crippen LogP contribution < -0.4 is 11.1 Å². The molecule has 7 rings (SSSR count). The van der Waals surface area contributed by atoms with Gasteiger partial charge in [-0.05, 0) is 87.2 Å². The van der Waals surface area contributed by atoms with Crippen LogP contribution in [0.25, 0.3) is 11.1 Å². The molecule has 0 spiro atoms. The molecule has 1 atom stereocenters. The number of carbonyl (C=O) groups excluding carboxylic acids is 4. The molecule has 1 aromatic heterocycles. The van der Waals surface area contributed by atoms with Gasteiger partial charge in [0.15, 0.2) is 11.7 Å². The number of fused-ring (bicyclic) bond motifs is 2. The van der Waals surface area contributed by atoms with E-state index in [0.717, 1.165) is 80.8 Å². The smallest absolute Gasteiger partial charge is 0.419 e. The van der Waals surface area contributed by atoms with Crippen molar-refractivity contribution in [1.29, 1.82) is 0 Å². The van der Waals surface area contributed by atoms with Gasteiger partial charge in [0.05, 0.1) is 18.5 Å². The molecule has 330 valence electrons. The van der Waals surface area contributed by atoms with E-state index in [4.69, 9.17) is 13.9 Å². The van der Waals surface area contributed by atoms with Crippen molar-refractivity contribution >= 4 is 40.8 Å². The monoisotopic (exact) mass is 834 g/mol. The quantitative estimate of drug-likeness (QED) is 0.259. The predicted octanol–water partition coefficient (Wildman–Crippen LogP) is 5.51. The van der Waals surface area contributed by atoms with Gasteiger partial charge in [-0.3, -0.25) is 14.2 Å². The summed E-state index contributed by atoms with van der Waals surface area (Å²) in [6, 6.07) is 11.4. The number of hydrogen-bond acceptors (Lipinski definition) is 10. The summed E-state index contributed by atoms with van der Waals surface area (Å²) in [5.41, 5.74) is 4.72. The fraction of sp³-hybridized carbons (Fsp3) is 0.622. The van der Waals surface area contributed by atoms with Gasteiger partial charge in [0.2, 0.25) is 0 Å². The molecule has 4 aliphatic heterocycles. The average molecular weight is 834 g/mol. The van der Waals surface area contributed by atoms with Crippen molar-refractivity contribution in [3.05, 3.63) is 63.6 Å². The zero-order chi connectivity index (χ0) is 42.1. The third-order valence-electron chi connectivity index (χ3n) is 12.2. The Labute approximate surface area is 354 Å². The maximum Gasteiger partial charge on any atom is 0.419 e. The standard InChI is InChI=1S/C33H41N5O6.C11H22N2O2.CH4/c1-21-8-13-36(14-9-21)30(39)28(20-23-18-22(2)29-27(19-23)43-32(41)35(29)3)44-33(42)37-15-11-25(12-16-37)38-17-10-24-6-4-5-7-26(24)34-31(38)40;1-3-10-15-11(14)4-5-13-8-6-12(2)7-9-13;/h4-7,18-19,21,25,28H,8-17,20H2,1-3H3,(H,34,40);3-10H2,1-2H3;1H4/t28-;;/m1../s1. The first-order valence-electron chi connectivity index (χ1n) is 21.5. The lowest BCUT2D eigenvalue weighted by Gasteiger charge is -2.38. The van der Waals surface area contributed by atoms with Crippen LogP contribution in [0.3, 0.4) is 0 Å². The fourth-order valence-corrected chi connectivity index (χ4v) is 8.43. The van der Waals surface area contributed by atoms with Gasteiger partial charge in [-0.25, -0.2) is 14.4 Å². The number of aryl methyl sites for hydroxylation is 2. The number of oxazole rings is 1. The number of ether oxygens (including phenoxy) is 2. The number of aromatic nitrogens is 1. The van der Waals surface area contributed by atoms with E-state index in [9.17, 15) is 24.0 Å². The van der Waals surface area contributed by atoms with Crippen LogP contribution >= 0.6 is 0 Å². The minimum absolute atomic E-state index is 0. The molecule has 0 aliphatic carbocycles. The van der Waals surface area contributed by atoms with E-state index < -0.39 is 18.0 Å². The number of benzene rings is 2. The van der Waals surface area contributed by atoms with Crippen molar-refractivity contribution in [2.24, 2.45) is 13.0 Å². The molecule has 5 heterocycles. The Bertz CT molecular complexity index is 1970. The largest absolute Gasteiger partial charge is 0.466 e. The summed E-state index contributed by atoms with van der Waals surface area (Å²) in [6.45, 7) is 14.6. The molecule has 0 radical (unpaired) electrons. The van der Waals surface area contributed by atoms with Gasteiger partial charge >= 0.3 is 23.8 Å². The van der Waals surface area contributed by atoms with Crippen LogP contribution in [-0.2, 0) is 39.0 Å². The summed E-state index contributed by atoms with van der Waals surface area (Å²) >= 11 is 0. The molecule has 15 heteroatoms. The minimum Gasteiger partial charge on any atom is -0.466 e. The molecular weight excluding hydrogens is 767 g/mol. The number of piperazine rings is 1. The number of esters is 1.